The van der Waals surface area contributed by atoms with E-state index in [9.17, 15) is 10.5 Å². The van der Waals surface area contributed by atoms with Crippen molar-refractivity contribution < 1.29 is 0 Å². The number of anilines is 1. The standard InChI is InChI=1S/C48H54N6/c1-27-18-41(54(32-7-5-17-52-26-32)43-22-35-36-20-37(43)45(36)39(35)24-50)38-21-40-44-29(14-15-48(40,2)3)19-42(34-13-12-33(27)46(38)47(34)44)53(31-6-4-16-51-25-31)30-10-8-28(23-49)9-11-30/h4,8-13,16,20,27,31-32,35-36,39-40,42-43,45,51-52H,5-7,14-15,17-19,21-22,25-26H2,1-3H3/t27?,31?,32?,35-,36?,39?,40?,42?,43?,45-/m0/s1. The normalized spacial score (nSPS) is 36.0. The van der Waals surface area contributed by atoms with Gasteiger partial charge >= 0.3 is 0 Å². The Kier molecular flexibility index (Phi) is 7.43. The van der Waals surface area contributed by atoms with E-state index in [0.29, 0.717) is 47.7 Å². The van der Waals surface area contributed by atoms with E-state index in [1.807, 2.05) is 12.1 Å². The van der Waals surface area contributed by atoms with Gasteiger partial charge in [0.25, 0.3) is 0 Å². The summed E-state index contributed by atoms with van der Waals surface area (Å²) >= 11 is 0. The highest BCUT2D eigenvalue weighted by atomic mass is 15.2. The van der Waals surface area contributed by atoms with Crippen LogP contribution in [-0.2, 0) is 0 Å². The summed E-state index contributed by atoms with van der Waals surface area (Å²) in [7, 11) is 0. The Morgan fingerprint density at radius 3 is 2.48 bits per heavy atom. The summed E-state index contributed by atoms with van der Waals surface area (Å²) in [5.74, 6) is 2.91. The number of hydrogen-bond donors (Lipinski definition) is 2. The molecule has 0 spiro atoms. The molecule has 0 amide bonds. The van der Waals surface area contributed by atoms with Gasteiger partial charge in [0.15, 0.2) is 0 Å². The van der Waals surface area contributed by atoms with E-state index in [-0.39, 0.29) is 17.4 Å². The number of nitrogens with one attached hydrogen (secondary N) is 2. The van der Waals surface area contributed by atoms with Crippen LogP contribution in [0.4, 0.5) is 5.69 Å². The lowest BCUT2D eigenvalue weighted by Gasteiger charge is -2.65. The van der Waals surface area contributed by atoms with E-state index in [0.717, 1.165) is 57.3 Å². The zero-order valence-corrected chi connectivity index (χ0v) is 32.2. The van der Waals surface area contributed by atoms with Crippen LogP contribution in [0.3, 0.4) is 0 Å². The summed E-state index contributed by atoms with van der Waals surface area (Å²) in [5, 5.41) is 27.2. The fourth-order valence-electron chi connectivity index (χ4n) is 13.4. The third-order valence-electron chi connectivity index (χ3n) is 16.1. The minimum atomic E-state index is 0.232. The van der Waals surface area contributed by atoms with Crippen molar-refractivity contribution in [3.05, 3.63) is 99.4 Å². The molecule has 11 aliphatic rings. The van der Waals surface area contributed by atoms with Gasteiger partial charge in [-0.05, 0) is 163 Å². The lowest BCUT2D eigenvalue weighted by molar-refractivity contribution is -0.0414. The molecule has 10 atom stereocenters. The van der Waals surface area contributed by atoms with Crippen LogP contribution < -0.4 is 15.5 Å². The number of piperidine rings is 1. The van der Waals surface area contributed by atoms with E-state index < -0.39 is 0 Å². The summed E-state index contributed by atoms with van der Waals surface area (Å²) < 4.78 is 0. The van der Waals surface area contributed by atoms with Gasteiger partial charge in [0.05, 0.1) is 41.7 Å². The molecule has 0 radical (unpaired) electrons. The highest BCUT2D eigenvalue weighted by Gasteiger charge is 2.64. The molecular weight excluding hydrogens is 661 g/mol. The second kappa shape index (κ2) is 12.1. The van der Waals surface area contributed by atoms with Gasteiger partial charge in [-0.1, -0.05) is 50.6 Å². The number of allylic oxidation sites excluding steroid dienone is 4. The van der Waals surface area contributed by atoms with E-state index in [1.165, 1.54) is 36.9 Å². The van der Waals surface area contributed by atoms with Crippen molar-refractivity contribution in [3.8, 4) is 12.1 Å². The molecule has 2 heterocycles. The highest BCUT2D eigenvalue weighted by Crippen LogP contribution is 2.67. The summed E-state index contributed by atoms with van der Waals surface area (Å²) in [6.07, 6.45) is 17.4. The van der Waals surface area contributed by atoms with Crippen molar-refractivity contribution in [1.82, 2.24) is 15.5 Å². The molecule has 6 nitrogen and oxygen atoms in total. The van der Waals surface area contributed by atoms with Crippen LogP contribution in [0.15, 0.2) is 71.6 Å². The van der Waals surface area contributed by atoms with Gasteiger partial charge in [-0.25, -0.2) is 0 Å². The van der Waals surface area contributed by atoms with Gasteiger partial charge in [0.1, 0.15) is 0 Å². The summed E-state index contributed by atoms with van der Waals surface area (Å²) in [5.41, 5.74) is 16.8. The summed E-state index contributed by atoms with van der Waals surface area (Å²) in [4.78, 5) is 5.74. The molecule has 276 valence electrons. The Morgan fingerprint density at radius 1 is 0.907 bits per heavy atom. The van der Waals surface area contributed by atoms with Crippen molar-refractivity contribution in [2.24, 2.45) is 35.0 Å². The quantitative estimate of drug-likeness (QED) is 0.291. The van der Waals surface area contributed by atoms with Crippen molar-refractivity contribution in [3.63, 3.8) is 0 Å². The van der Waals surface area contributed by atoms with Crippen LogP contribution in [0.2, 0.25) is 0 Å². The van der Waals surface area contributed by atoms with Gasteiger partial charge in [0, 0.05) is 36.4 Å². The van der Waals surface area contributed by atoms with Crippen molar-refractivity contribution in [1.29, 1.82) is 10.5 Å². The Labute approximate surface area is 321 Å². The molecule has 2 aromatic rings. The second-order valence-electron chi connectivity index (χ2n) is 19.0. The first-order valence-corrected chi connectivity index (χ1v) is 21.2. The van der Waals surface area contributed by atoms with Crippen LogP contribution >= 0.6 is 0 Å². The molecule has 2 N–H and O–H groups in total. The van der Waals surface area contributed by atoms with Gasteiger partial charge in [0.2, 0.25) is 0 Å². The molecule has 0 aromatic heterocycles. The molecule has 4 bridgehead atoms. The molecule has 1 saturated heterocycles. The van der Waals surface area contributed by atoms with E-state index in [1.54, 1.807) is 44.7 Å². The van der Waals surface area contributed by atoms with Gasteiger partial charge in [-0.2, -0.15) is 10.5 Å². The minimum absolute atomic E-state index is 0.232. The topological polar surface area (TPSA) is 78.1 Å². The first-order valence-electron chi connectivity index (χ1n) is 21.2. The van der Waals surface area contributed by atoms with E-state index in [4.69, 9.17) is 0 Å². The molecule has 8 unspecified atom stereocenters. The second-order valence-corrected chi connectivity index (χ2v) is 19.0. The first-order chi connectivity index (χ1) is 26.4. The number of nitriles is 2. The largest absolute Gasteiger partial charge is 0.389 e. The average molecular weight is 715 g/mol. The number of hydrogen-bond acceptors (Lipinski definition) is 6. The number of benzene rings is 2. The first kappa shape index (κ1) is 33.1. The minimum Gasteiger partial charge on any atom is -0.389 e. The van der Waals surface area contributed by atoms with Crippen LogP contribution in [0.5, 0.6) is 0 Å². The average Bonchev–Trinajstić information content (AvgIpc) is 3.20. The molecule has 6 heteroatoms. The Bertz CT molecular complexity index is 2130. The highest BCUT2D eigenvalue weighted by molar-refractivity contribution is 5.93. The molecule has 2 aromatic carbocycles. The number of rotatable bonds is 6. The third-order valence-corrected chi connectivity index (χ3v) is 16.1. The van der Waals surface area contributed by atoms with E-state index in [2.05, 4.69) is 96.0 Å². The summed E-state index contributed by atoms with van der Waals surface area (Å²) in [6.45, 7) is 10.7. The fraction of sp³-hybridized carbons (Fsp3) is 0.542. The predicted octanol–water partition coefficient (Wildman–Crippen LogP) is 8.97. The van der Waals surface area contributed by atoms with Crippen molar-refractivity contribution in [2.45, 2.75) is 109 Å². The maximum absolute atomic E-state index is 10.1. The lowest BCUT2D eigenvalue weighted by Crippen LogP contribution is -2.65. The molecular formula is C48H54N6. The SMILES string of the molecule is CC1CC(N(C2CCCNC2)C2C[C@@H]3C(C#N)[C@@H]4C2=CC34)=C2CC3C4=C(CCC3(C)C)CC(N(c3ccc(C#N)cc3)C3CC=CNC3)c3ccc1c2c34. The Balaban J connectivity index is 1.11. The monoisotopic (exact) mass is 714 g/mol. The summed E-state index contributed by atoms with van der Waals surface area (Å²) in [6, 6.07) is 20.1. The van der Waals surface area contributed by atoms with E-state index >= 15 is 0 Å². The predicted molar refractivity (Wildman–Crippen MR) is 215 cm³/mol. The van der Waals surface area contributed by atoms with Crippen LogP contribution in [0, 0.1) is 57.7 Å². The maximum atomic E-state index is 10.1. The lowest BCUT2D eigenvalue weighted by atomic mass is 9.41. The van der Waals surface area contributed by atoms with Gasteiger partial charge < -0.3 is 20.4 Å². The molecule has 3 saturated carbocycles. The zero-order valence-electron chi connectivity index (χ0n) is 32.2. The molecule has 2 aliphatic heterocycles. The molecule has 9 aliphatic carbocycles. The van der Waals surface area contributed by atoms with Crippen molar-refractivity contribution in [2.75, 3.05) is 24.5 Å². The smallest absolute Gasteiger partial charge is 0.0991 e. The fourth-order valence-corrected chi connectivity index (χ4v) is 13.4. The van der Waals surface area contributed by atoms with Crippen LogP contribution in [0.25, 0.3) is 11.1 Å². The van der Waals surface area contributed by atoms with Crippen LogP contribution in [-0.4, -0.2) is 42.7 Å². The van der Waals surface area contributed by atoms with Crippen LogP contribution in [0.1, 0.15) is 118 Å². The Hall–Kier alpha value is -4.26. The Morgan fingerprint density at radius 2 is 1.76 bits per heavy atom. The van der Waals surface area contributed by atoms with Crippen molar-refractivity contribution >= 4 is 16.8 Å². The number of nitrogens with zero attached hydrogens (tertiary/aromatic N) is 4. The zero-order chi connectivity index (χ0) is 36.5. The van der Waals surface area contributed by atoms with Gasteiger partial charge in [-0.15, -0.1) is 0 Å². The maximum Gasteiger partial charge on any atom is 0.0991 e. The molecule has 4 fully saturated rings. The third kappa shape index (κ3) is 4.59. The molecule has 54 heavy (non-hydrogen) atoms. The van der Waals surface area contributed by atoms with Gasteiger partial charge in [-0.3, -0.25) is 0 Å². The molecule has 13 rings (SSSR count).